The van der Waals surface area contributed by atoms with E-state index in [1.165, 1.54) is 0 Å². The van der Waals surface area contributed by atoms with Crippen molar-refractivity contribution in [2.75, 3.05) is 0 Å². The Morgan fingerprint density at radius 2 is 2.47 bits per heavy atom. The van der Waals surface area contributed by atoms with E-state index in [9.17, 15) is 4.79 Å². The van der Waals surface area contributed by atoms with Crippen LogP contribution in [0.5, 0.6) is 0 Å². The highest BCUT2D eigenvalue weighted by Gasteiger charge is 2.15. The van der Waals surface area contributed by atoms with Gasteiger partial charge in [-0.25, -0.2) is 4.98 Å². The van der Waals surface area contributed by atoms with Gasteiger partial charge in [0.05, 0.1) is 12.1 Å². The number of imidazole rings is 1. The first kappa shape index (κ1) is 10.2. The average molecular weight is 224 g/mol. The predicted molar refractivity (Wildman–Crippen MR) is 58.5 cm³/mol. The Kier molecular flexibility index (Phi) is 2.48. The molecule has 15 heavy (non-hydrogen) atoms. The van der Waals surface area contributed by atoms with Crippen LogP contribution in [0.25, 0.3) is 4.96 Å². The van der Waals surface area contributed by atoms with Gasteiger partial charge in [-0.2, -0.15) is 0 Å². The maximum absolute atomic E-state index is 10.6. The quantitative estimate of drug-likeness (QED) is 0.870. The fourth-order valence-corrected chi connectivity index (χ4v) is 2.67. The highest BCUT2D eigenvalue weighted by molar-refractivity contribution is 7.15. The lowest BCUT2D eigenvalue weighted by Crippen LogP contribution is -2.04. The Morgan fingerprint density at radius 3 is 3.13 bits per heavy atom. The van der Waals surface area contributed by atoms with Gasteiger partial charge in [0.25, 0.3) is 0 Å². The van der Waals surface area contributed by atoms with E-state index in [-0.39, 0.29) is 12.3 Å². The van der Waals surface area contributed by atoms with Gasteiger partial charge in [0.1, 0.15) is 0 Å². The number of hydrogen-bond donors (Lipinski definition) is 1. The van der Waals surface area contributed by atoms with Crippen molar-refractivity contribution in [1.29, 1.82) is 0 Å². The van der Waals surface area contributed by atoms with Crippen LogP contribution < -0.4 is 0 Å². The maximum atomic E-state index is 10.6. The molecule has 0 saturated carbocycles. The van der Waals surface area contributed by atoms with Crippen LogP contribution >= 0.6 is 11.3 Å². The van der Waals surface area contributed by atoms with Crippen LogP contribution in [0.15, 0.2) is 11.6 Å². The summed E-state index contributed by atoms with van der Waals surface area (Å²) >= 11 is 1.55. The molecule has 0 spiro atoms. The number of hydrogen-bond acceptors (Lipinski definition) is 3. The molecule has 0 bridgehead atoms. The summed E-state index contributed by atoms with van der Waals surface area (Å²) < 4.78 is 1.98. The van der Waals surface area contributed by atoms with Crippen LogP contribution in [0.2, 0.25) is 0 Å². The van der Waals surface area contributed by atoms with E-state index >= 15 is 0 Å². The van der Waals surface area contributed by atoms with Crippen molar-refractivity contribution in [3.05, 3.63) is 23.0 Å². The van der Waals surface area contributed by atoms with Gasteiger partial charge in [0.2, 0.25) is 0 Å². The highest BCUT2D eigenvalue weighted by Crippen LogP contribution is 2.25. The molecule has 4 nitrogen and oxygen atoms in total. The summed E-state index contributed by atoms with van der Waals surface area (Å²) in [7, 11) is 0. The Hall–Kier alpha value is -1.36. The molecule has 0 fully saturated rings. The van der Waals surface area contributed by atoms with E-state index in [1.54, 1.807) is 11.3 Å². The van der Waals surface area contributed by atoms with Crippen molar-refractivity contribution in [3.8, 4) is 0 Å². The molecule has 0 radical (unpaired) electrons. The Balaban J connectivity index is 2.38. The van der Waals surface area contributed by atoms with Crippen LogP contribution in [0.1, 0.15) is 30.7 Å². The molecule has 0 saturated heterocycles. The van der Waals surface area contributed by atoms with E-state index < -0.39 is 5.97 Å². The molecule has 0 amide bonds. The number of aryl methyl sites for hydroxylation is 1. The second-order valence-electron chi connectivity index (χ2n) is 3.69. The van der Waals surface area contributed by atoms with Crippen LogP contribution in [-0.2, 0) is 4.79 Å². The number of carboxylic acids is 1. The van der Waals surface area contributed by atoms with Crippen molar-refractivity contribution in [1.82, 2.24) is 9.38 Å². The average Bonchev–Trinajstić information content (AvgIpc) is 2.60. The molecule has 5 heteroatoms. The van der Waals surface area contributed by atoms with Crippen molar-refractivity contribution in [2.45, 2.75) is 26.2 Å². The summed E-state index contributed by atoms with van der Waals surface area (Å²) in [5, 5.41) is 10.7. The highest BCUT2D eigenvalue weighted by atomic mass is 32.1. The van der Waals surface area contributed by atoms with Gasteiger partial charge in [-0.3, -0.25) is 9.20 Å². The molecule has 2 heterocycles. The molecule has 1 atom stereocenters. The molecule has 0 aliphatic carbocycles. The number of carbonyl (C=O) groups is 1. The fourth-order valence-electron chi connectivity index (χ4n) is 1.63. The summed E-state index contributed by atoms with van der Waals surface area (Å²) in [6.45, 7) is 3.86. The van der Waals surface area contributed by atoms with E-state index in [2.05, 4.69) is 4.98 Å². The number of nitrogens with zero attached hydrogens (tertiary/aromatic N) is 2. The third-order valence-electron chi connectivity index (χ3n) is 2.34. The van der Waals surface area contributed by atoms with Gasteiger partial charge >= 0.3 is 5.97 Å². The minimum Gasteiger partial charge on any atom is -0.481 e. The molecule has 2 aromatic heterocycles. The number of thiazole rings is 1. The lowest BCUT2D eigenvalue weighted by Gasteiger charge is -2.06. The molecule has 0 aliphatic rings. The van der Waals surface area contributed by atoms with Crippen LogP contribution in [-0.4, -0.2) is 20.5 Å². The molecular weight excluding hydrogens is 212 g/mol. The second-order valence-corrected chi connectivity index (χ2v) is 4.53. The third kappa shape index (κ3) is 1.87. The van der Waals surface area contributed by atoms with E-state index in [0.717, 1.165) is 16.3 Å². The van der Waals surface area contributed by atoms with E-state index in [4.69, 9.17) is 5.11 Å². The van der Waals surface area contributed by atoms with Gasteiger partial charge < -0.3 is 5.11 Å². The smallest absolute Gasteiger partial charge is 0.304 e. The zero-order chi connectivity index (χ0) is 11.0. The van der Waals surface area contributed by atoms with Crippen LogP contribution in [0.3, 0.4) is 0 Å². The summed E-state index contributed by atoms with van der Waals surface area (Å²) in [5.41, 5.74) is 1.99. The molecule has 2 rings (SSSR count). The molecule has 1 N–H and O–H groups in total. The van der Waals surface area contributed by atoms with Gasteiger partial charge in [0.15, 0.2) is 4.96 Å². The first-order valence-electron chi connectivity index (χ1n) is 4.73. The number of aromatic nitrogens is 2. The van der Waals surface area contributed by atoms with Crippen LogP contribution in [0, 0.1) is 6.92 Å². The monoisotopic (exact) mass is 224 g/mol. The summed E-state index contributed by atoms with van der Waals surface area (Å²) in [6.07, 6.45) is 2.10. The SMILES string of the molecule is Cc1cn2c(C(C)CC(=O)O)csc2n1. The fraction of sp³-hybridized carbons (Fsp3) is 0.400. The van der Waals surface area contributed by atoms with E-state index in [1.807, 2.05) is 29.8 Å². The van der Waals surface area contributed by atoms with E-state index in [0.29, 0.717) is 0 Å². The first-order valence-corrected chi connectivity index (χ1v) is 5.61. The number of aliphatic carboxylic acids is 1. The summed E-state index contributed by atoms with van der Waals surface area (Å²) in [4.78, 5) is 15.9. The van der Waals surface area contributed by atoms with Gasteiger partial charge in [0, 0.05) is 23.2 Å². The molecule has 0 aromatic carbocycles. The summed E-state index contributed by atoms with van der Waals surface area (Å²) in [6, 6.07) is 0. The molecule has 80 valence electrons. The molecule has 2 aromatic rings. The zero-order valence-corrected chi connectivity index (χ0v) is 9.41. The number of fused-ring (bicyclic) bond motifs is 1. The standard InChI is InChI=1S/C10H12N2O2S/c1-6(3-9(13)14)8-5-15-10-11-7(2)4-12(8)10/h4-6H,3H2,1-2H3,(H,13,14). The van der Waals surface area contributed by atoms with Crippen LogP contribution in [0.4, 0.5) is 0 Å². The topological polar surface area (TPSA) is 54.6 Å². The van der Waals surface area contributed by atoms with Crippen molar-refractivity contribution < 1.29 is 9.90 Å². The van der Waals surface area contributed by atoms with Crippen molar-refractivity contribution in [2.24, 2.45) is 0 Å². The zero-order valence-electron chi connectivity index (χ0n) is 8.60. The first-order chi connectivity index (χ1) is 7.08. The largest absolute Gasteiger partial charge is 0.481 e. The molecule has 1 unspecified atom stereocenters. The van der Waals surface area contributed by atoms with Gasteiger partial charge in [-0.15, -0.1) is 11.3 Å². The second kappa shape index (κ2) is 3.66. The van der Waals surface area contributed by atoms with Gasteiger partial charge in [-0.1, -0.05) is 6.92 Å². The Labute approximate surface area is 91.2 Å². The minimum absolute atomic E-state index is 0.0184. The maximum Gasteiger partial charge on any atom is 0.304 e. The summed E-state index contributed by atoms with van der Waals surface area (Å²) in [5.74, 6) is -0.747. The minimum atomic E-state index is -0.765. The predicted octanol–water partition coefficient (Wildman–Crippen LogP) is 2.28. The lowest BCUT2D eigenvalue weighted by molar-refractivity contribution is -0.137. The number of carboxylic acid groups (broad SMARTS) is 1. The Morgan fingerprint density at radius 1 is 1.73 bits per heavy atom. The van der Waals surface area contributed by atoms with Crippen molar-refractivity contribution >= 4 is 22.3 Å². The van der Waals surface area contributed by atoms with Crippen molar-refractivity contribution in [3.63, 3.8) is 0 Å². The molecular formula is C10H12N2O2S. The lowest BCUT2D eigenvalue weighted by atomic mass is 10.1. The third-order valence-corrected chi connectivity index (χ3v) is 3.20. The normalized spacial score (nSPS) is 13.2. The number of rotatable bonds is 3. The Bertz CT molecular complexity index is 500. The molecule has 0 aliphatic heterocycles. The van der Waals surface area contributed by atoms with Gasteiger partial charge in [-0.05, 0) is 6.92 Å².